The monoisotopic (exact) mass is 501 g/mol. The zero-order chi connectivity index (χ0) is 22.3. The first-order chi connectivity index (χ1) is 14.6. The summed E-state index contributed by atoms with van der Waals surface area (Å²) in [6.45, 7) is 1.70. The van der Waals surface area contributed by atoms with Gasteiger partial charge in [0.2, 0.25) is 0 Å². The number of amides is 1. The number of alkyl halides is 3. The van der Waals surface area contributed by atoms with E-state index in [1.165, 1.54) is 12.1 Å². The number of thiazole rings is 1. The maximum atomic E-state index is 13.3. The van der Waals surface area contributed by atoms with Gasteiger partial charge in [-0.3, -0.25) is 4.79 Å². The van der Waals surface area contributed by atoms with Crippen LogP contribution in [0.25, 0.3) is 10.2 Å². The van der Waals surface area contributed by atoms with E-state index in [4.69, 9.17) is 23.2 Å². The van der Waals surface area contributed by atoms with Crippen LogP contribution in [0.15, 0.2) is 36.4 Å². The molecule has 1 N–H and O–H groups in total. The number of anilines is 1. The van der Waals surface area contributed by atoms with E-state index < -0.39 is 17.6 Å². The fourth-order valence-corrected chi connectivity index (χ4v) is 5.30. The summed E-state index contributed by atoms with van der Waals surface area (Å²) in [4.78, 5) is 17.7. The van der Waals surface area contributed by atoms with Gasteiger partial charge >= 0.3 is 6.18 Å². The van der Waals surface area contributed by atoms with Crippen LogP contribution in [0.5, 0.6) is 0 Å². The lowest BCUT2D eigenvalue weighted by atomic mass is 10.1. The molecule has 2 heterocycles. The van der Waals surface area contributed by atoms with E-state index in [0.717, 1.165) is 28.9 Å². The second kappa shape index (κ2) is 8.38. The summed E-state index contributed by atoms with van der Waals surface area (Å²) in [6.07, 6.45) is -4.29. The lowest BCUT2D eigenvalue weighted by Crippen LogP contribution is -2.14. The molecule has 0 fully saturated rings. The van der Waals surface area contributed by atoms with E-state index in [9.17, 15) is 18.0 Å². The number of halogens is 5. The van der Waals surface area contributed by atoms with Crippen molar-refractivity contribution in [3.8, 4) is 0 Å². The smallest absolute Gasteiger partial charge is 0.322 e. The number of hydrogen-bond donors (Lipinski definition) is 1. The first-order valence-electron chi connectivity index (χ1n) is 8.80. The van der Waals surface area contributed by atoms with Crippen LogP contribution in [0.1, 0.15) is 31.5 Å². The molecule has 0 aliphatic rings. The molecule has 31 heavy (non-hydrogen) atoms. The van der Waals surface area contributed by atoms with Crippen molar-refractivity contribution in [2.24, 2.45) is 0 Å². The molecule has 2 aromatic heterocycles. The standard InChI is InChI=1S/C20H12Cl2F3N3OS2/c1-9-17(19(29)26-10-5-6-12(21)13(22)7-10)15(31-28-9)8-16-27-18-11(20(23,24)25)3-2-4-14(18)30-16/h2-7H,8H2,1H3,(H,26,29). The Labute approximate surface area is 192 Å². The Morgan fingerprint density at radius 1 is 1.16 bits per heavy atom. The maximum Gasteiger partial charge on any atom is 0.418 e. The molecule has 0 atom stereocenters. The Balaban J connectivity index is 1.63. The van der Waals surface area contributed by atoms with Crippen molar-refractivity contribution >= 4 is 67.9 Å². The molecule has 0 saturated heterocycles. The fourth-order valence-electron chi connectivity index (χ4n) is 3.03. The molecule has 0 unspecified atom stereocenters. The summed E-state index contributed by atoms with van der Waals surface area (Å²) in [5, 5.41) is 3.89. The highest BCUT2D eigenvalue weighted by Gasteiger charge is 2.33. The van der Waals surface area contributed by atoms with E-state index in [-0.39, 0.29) is 11.9 Å². The zero-order valence-corrected chi connectivity index (χ0v) is 18.8. The summed E-state index contributed by atoms with van der Waals surface area (Å²) in [7, 11) is 0. The molecule has 2 aromatic carbocycles. The van der Waals surface area contributed by atoms with Gasteiger partial charge in [0, 0.05) is 17.0 Å². The number of hydrogen-bond acceptors (Lipinski definition) is 5. The third kappa shape index (κ3) is 4.55. The minimum absolute atomic E-state index is 0.0851. The van der Waals surface area contributed by atoms with Gasteiger partial charge in [-0.05, 0) is 48.8 Å². The third-order valence-corrected chi connectivity index (χ3v) is 7.11. The number of nitrogens with one attached hydrogen (secondary N) is 1. The Morgan fingerprint density at radius 3 is 2.65 bits per heavy atom. The van der Waals surface area contributed by atoms with Crippen LogP contribution < -0.4 is 5.32 Å². The molecule has 4 rings (SSSR count). The number of aromatic nitrogens is 2. The number of carbonyl (C=O) groups excluding carboxylic acids is 1. The molecule has 0 saturated carbocycles. The van der Waals surface area contributed by atoms with Crippen molar-refractivity contribution in [3.63, 3.8) is 0 Å². The highest BCUT2D eigenvalue weighted by Crippen LogP contribution is 2.37. The van der Waals surface area contributed by atoms with Crippen molar-refractivity contribution in [1.29, 1.82) is 0 Å². The van der Waals surface area contributed by atoms with Gasteiger partial charge in [-0.2, -0.15) is 17.5 Å². The van der Waals surface area contributed by atoms with Crippen molar-refractivity contribution in [2.45, 2.75) is 19.5 Å². The number of aryl methyl sites for hydroxylation is 1. The van der Waals surface area contributed by atoms with Gasteiger partial charge in [-0.25, -0.2) is 4.98 Å². The van der Waals surface area contributed by atoms with Crippen LogP contribution in [0.2, 0.25) is 10.0 Å². The molecule has 0 spiro atoms. The second-order valence-electron chi connectivity index (χ2n) is 6.58. The van der Waals surface area contributed by atoms with Crippen molar-refractivity contribution < 1.29 is 18.0 Å². The molecule has 1 amide bonds. The van der Waals surface area contributed by atoms with Crippen molar-refractivity contribution in [1.82, 2.24) is 9.36 Å². The Bertz CT molecular complexity index is 1300. The lowest BCUT2D eigenvalue weighted by molar-refractivity contribution is -0.136. The number of fused-ring (bicyclic) bond motifs is 1. The molecule has 0 radical (unpaired) electrons. The molecule has 4 aromatic rings. The molecule has 0 bridgehead atoms. The highest BCUT2D eigenvalue weighted by atomic mass is 35.5. The van der Waals surface area contributed by atoms with E-state index in [2.05, 4.69) is 14.7 Å². The number of para-hydroxylation sites is 1. The zero-order valence-electron chi connectivity index (χ0n) is 15.7. The van der Waals surface area contributed by atoms with Crippen LogP contribution >= 0.6 is 46.1 Å². The first kappa shape index (κ1) is 22.0. The van der Waals surface area contributed by atoms with Crippen LogP contribution in [0.4, 0.5) is 18.9 Å². The van der Waals surface area contributed by atoms with Gasteiger partial charge in [-0.1, -0.05) is 29.3 Å². The molecule has 4 nitrogen and oxygen atoms in total. The number of carbonyl (C=O) groups is 1. The molecule has 0 aliphatic heterocycles. The Kier molecular flexibility index (Phi) is 5.95. The molecule has 160 valence electrons. The van der Waals surface area contributed by atoms with E-state index in [1.807, 2.05) is 0 Å². The highest BCUT2D eigenvalue weighted by molar-refractivity contribution is 7.18. The number of benzene rings is 2. The van der Waals surface area contributed by atoms with Gasteiger partial charge in [0.15, 0.2) is 0 Å². The quantitative estimate of drug-likeness (QED) is 0.320. The lowest BCUT2D eigenvalue weighted by Gasteiger charge is -2.07. The third-order valence-electron chi connectivity index (χ3n) is 4.42. The molecule has 11 heteroatoms. The summed E-state index contributed by atoms with van der Waals surface area (Å²) in [5.41, 5.74) is 0.496. The van der Waals surface area contributed by atoms with Gasteiger partial charge in [0.05, 0.1) is 42.1 Å². The average Bonchev–Trinajstić information content (AvgIpc) is 3.26. The minimum Gasteiger partial charge on any atom is -0.322 e. The molecular formula is C20H12Cl2F3N3OS2. The number of nitrogens with zero attached hydrogens (tertiary/aromatic N) is 2. The Morgan fingerprint density at radius 2 is 1.94 bits per heavy atom. The second-order valence-corrected chi connectivity index (χ2v) is 9.37. The molecular weight excluding hydrogens is 490 g/mol. The largest absolute Gasteiger partial charge is 0.418 e. The van der Waals surface area contributed by atoms with Gasteiger partial charge in [0.1, 0.15) is 0 Å². The van der Waals surface area contributed by atoms with Crippen LogP contribution in [-0.4, -0.2) is 15.3 Å². The SMILES string of the molecule is Cc1nsc(Cc2nc3c(C(F)(F)F)cccc3s2)c1C(=O)Nc1ccc(Cl)c(Cl)c1. The summed E-state index contributed by atoms with van der Waals surface area (Å²) in [6, 6.07) is 8.69. The van der Waals surface area contributed by atoms with Gasteiger partial charge in [-0.15, -0.1) is 11.3 Å². The van der Waals surface area contributed by atoms with E-state index >= 15 is 0 Å². The first-order valence-corrected chi connectivity index (χ1v) is 11.1. The minimum atomic E-state index is -4.49. The maximum absolute atomic E-state index is 13.3. The molecule has 0 aliphatic carbocycles. The van der Waals surface area contributed by atoms with Crippen LogP contribution in [0, 0.1) is 6.92 Å². The van der Waals surface area contributed by atoms with Crippen molar-refractivity contribution in [3.05, 3.63) is 73.1 Å². The predicted octanol–water partition coefficient (Wildman–Crippen LogP) is 7.23. The Hall–Kier alpha value is -2.20. The fraction of sp³-hybridized carbons (Fsp3) is 0.150. The van der Waals surface area contributed by atoms with E-state index in [0.29, 0.717) is 41.6 Å². The normalized spacial score (nSPS) is 11.8. The number of rotatable bonds is 4. The van der Waals surface area contributed by atoms with Gasteiger partial charge in [0.25, 0.3) is 5.91 Å². The van der Waals surface area contributed by atoms with Crippen LogP contribution in [-0.2, 0) is 12.6 Å². The van der Waals surface area contributed by atoms with Crippen LogP contribution in [0.3, 0.4) is 0 Å². The summed E-state index contributed by atoms with van der Waals surface area (Å²) >= 11 is 14.2. The van der Waals surface area contributed by atoms with Gasteiger partial charge < -0.3 is 5.32 Å². The predicted molar refractivity (Wildman–Crippen MR) is 119 cm³/mol. The van der Waals surface area contributed by atoms with Crippen molar-refractivity contribution in [2.75, 3.05) is 5.32 Å². The van der Waals surface area contributed by atoms with E-state index in [1.54, 1.807) is 25.1 Å². The average molecular weight is 502 g/mol. The summed E-state index contributed by atoms with van der Waals surface area (Å²) < 4.78 is 44.5. The summed E-state index contributed by atoms with van der Waals surface area (Å²) in [5.74, 6) is -0.392. The topological polar surface area (TPSA) is 54.9 Å².